The second-order valence-electron chi connectivity index (χ2n) is 3.44. The summed E-state index contributed by atoms with van der Waals surface area (Å²) in [7, 11) is 3.10. The SMILES string of the molecule is COc1cc(NSc2cccnc2Cl)cc(OC)n1. The number of nitrogens with one attached hydrogen (secondary N) is 1. The standard InChI is InChI=1S/C12H12ClN3O2S/c1-17-10-6-8(7-11(15-10)18-2)16-19-9-4-3-5-14-12(9)13/h3-7H,1-2H3,(H,15,16). The molecular formula is C12H12ClN3O2S. The molecule has 2 aromatic heterocycles. The van der Waals surface area contributed by atoms with Crippen molar-refractivity contribution in [1.82, 2.24) is 9.97 Å². The third-order valence-corrected chi connectivity index (χ3v) is 3.50. The lowest BCUT2D eigenvalue weighted by Gasteiger charge is -2.09. The van der Waals surface area contributed by atoms with Gasteiger partial charge in [0.1, 0.15) is 5.15 Å². The van der Waals surface area contributed by atoms with Gasteiger partial charge < -0.3 is 14.2 Å². The number of rotatable bonds is 5. The highest BCUT2D eigenvalue weighted by Crippen LogP contribution is 2.29. The monoisotopic (exact) mass is 297 g/mol. The van der Waals surface area contributed by atoms with Crippen LogP contribution in [0.25, 0.3) is 0 Å². The Balaban J connectivity index is 2.13. The minimum Gasteiger partial charge on any atom is -0.481 e. The van der Waals surface area contributed by atoms with E-state index >= 15 is 0 Å². The summed E-state index contributed by atoms with van der Waals surface area (Å²) in [6, 6.07) is 7.23. The fraction of sp³-hybridized carbons (Fsp3) is 0.167. The summed E-state index contributed by atoms with van der Waals surface area (Å²) in [6.07, 6.45) is 1.64. The van der Waals surface area contributed by atoms with Gasteiger partial charge in [0, 0.05) is 18.3 Å². The van der Waals surface area contributed by atoms with Crippen LogP contribution in [-0.2, 0) is 0 Å². The zero-order valence-electron chi connectivity index (χ0n) is 10.4. The molecule has 0 atom stereocenters. The van der Waals surface area contributed by atoms with Crippen molar-refractivity contribution >= 4 is 29.2 Å². The van der Waals surface area contributed by atoms with Crippen LogP contribution in [0, 0.1) is 0 Å². The van der Waals surface area contributed by atoms with E-state index in [1.807, 2.05) is 12.1 Å². The topological polar surface area (TPSA) is 56.3 Å². The summed E-state index contributed by atoms with van der Waals surface area (Å²) >= 11 is 7.33. The van der Waals surface area contributed by atoms with Crippen LogP contribution in [0.4, 0.5) is 5.69 Å². The quantitative estimate of drug-likeness (QED) is 0.675. The van der Waals surface area contributed by atoms with Crippen LogP contribution in [0.2, 0.25) is 5.15 Å². The van der Waals surface area contributed by atoms with Crippen molar-refractivity contribution in [2.45, 2.75) is 4.90 Å². The molecule has 2 heterocycles. The fourth-order valence-electron chi connectivity index (χ4n) is 1.31. The number of methoxy groups -OCH3 is 2. The lowest BCUT2D eigenvalue weighted by atomic mass is 10.4. The minimum absolute atomic E-state index is 0.452. The van der Waals surface area contributed by atoms with Gasteiger partial charge in [0.15, 0.2) is 0 Å². The molecule has 0 aliphatic carbocycles. The van der Waals surface area contributed by atoms with Gasteiger partial charge in [-0.1, -0.05) is 11.6 Å². The predicted molar refractivity (Wildman–Crippen MR) is 76.1 cm³/mol. The molecule has 2 aromatic rings. The Morgan fingerprint density at radius 2 is 1.89 bits per heavy atom. The number of aromatic nitrogens is 2. The van der Waals surface area contributed by atoms with Gasteiger partial charge in [-0.15, -0.1) is 0 Å². The van der Waals surface area contributed by atoms with E-state index in [1.54, 1.807) is 32.5 Å². The average Bonchev–Trinajstić information content (AvgIpc) is 2.46. The first-order valence-electron chi connectivity index (χ1n) is 5.36. The van der Waals surface area contributed by atoms with E-state index in [0.29, 0.717) is 16.9 Å². The Morgan fingerprint density at radius 3 is 2.47 bits per heavy atom. The molecule has 0 radical (unpaired) electrons. The first kappa shape index (κ1) is 13.8. The molecule has 0 bridgehead atoms. The molecule has 19 heavy (non-hydrogen) atoms. The van der Waals surface area contributed by atoms with Crippen LogP contribution in [0.5, 0.6) is 11.8 Å². The number of halogens is 1. The van der Waals surface area contributed by atoms with E-state index in [0.717, 1.165) is 10.6 Å². The van der Waals surface area contributed by atoms with Crippen LogP contribution in [-0.4, -0.2) is 24.2 Å². The third-order valence-electron chi connectivity index (χ3n) is 2.20. The Bertz CT molecular complexity index is 546. The normalized spacial score (nSPS) is 10.1. The average molecular weight is 298 g/mol. The Hall–Kier alpha value is -1.66. The summed E-state index contributed by atoms with van der Waals surface area (Å²) < 4.78 is 13.3. The molecule has 0 unspecified atom stereocenters. The molecule has 0 fully saturated rings. The van der Waals surface area contributed by atoms with Gasteiger partial charge in [-0.05, 0) is 24.1 Å². The first-order valence-corrected chi connectivity index (χ1v) is 6.56. The highest BCUT2D eigenvalue weighted by Gasteiger charge is 2.05. The molecule has 1 N–H and O–H groups in total. The lowest BCUT2D eigenvalue weighted by molar-refractivity contribution is 0.365. The number of hydrogen-bond acceptors (Lipinski definition) is 6. The first-order chi connectivity index (χ1) is 9.22. The van der Waals surface area contributed by atoms with Crippen LogP contribution in [0.1, 0.15) is 0 Å². The Kier molecular flexibility index (Phi) is 4.70. The fourth-order valence-corrected chi connectivity index (χ4v) is 2.17. The van der Waals surface area contributed by atoms with E-state index in [2.05, 4.69) is 14.7 Å². The summed E-state index contributed by atoms with van der Waals surface area (Å²) in [5.41, 5.74) is 0.800. The van der Waals surface area contributed by atoms with E-state index in [9.17, 15) is 0 Å². The molecule has 0 spiro atoms. The van der Waals surface area contributed by atoms with E-state index in [-0.39, 0.29) is 0 Å². The van der Waals surface area contributed by atoms with Gasteiger partial charge in [0.05, 0.1) is 24.8 Å². The van der Waals surface area contributed by atoms with Crippen molar-refractivity contribution in [3.8, 4) is 11.8 Å². The van der Waals surface area contributed by atoms with Crippen LogP contribution in [0.15, 0.2) is 35.4 Å². The van der Waals surface area contributed by atoms with Gasteiger partial charge in [0.2, 0.25) is 11.8 Å². The highest BCUT2D eigenvalue weighted by atomic mass is 35.5. The van der Waals surface area contributed by atoms with Crippen molar-refractivity contribution in [2.75, 3.05) is 18.9 Å². The maximum absolute atomic E-state index is 5.97. The van der Waals surface area contributed by atoms with E-state index in [4.69, 9.17) is 21.1 Å². The maximum atomic E-state index is 5.97. The molecule has 0 aromatic carbocycles. The summed E-state index contributed by atoms with van der Waals surface area (Å²) in [6.45, 7) is 0. The zero-order chi connectivity index (χ0) is 13.7. The molecule has 7 heteroatoms. The molecule has 2 rings (SSSR count). The van der Waals surface area contributed by atoms with Crippen LogP contribution >= 0.6 is 23.5 Å². The number of pyridine rings is 2. The molecule has 0 aliphatic rings. The van der Waals surface area contributed by atoms with Crippen molar-refractivity contribution in [2.24, 2.45) is 0 Å². The molecule has 0 saturated heterocycles. The molecule has 5 nitrogen and oxygen atoms in total. The van der Waals surface area contributed by atoms with E-state index in [1.165, 1.54) is 11.9 Å². The molecule has 0 saturated carbocycles. The maximum Gasteiger partial charge on any atom is 0.218 e. The number of nitrogens with zero attached hydrogens (tertiary/aromatic N) is 2. The summed E-state index contributed by atoms with van der Waals surface area (Å²) in [5, 5.41) is 0.452. The van der Waals surface area contributed by atoms with Crippen molar-refractivity contribution < 1.29 is 9.47 Å². The van der Waals surface area contributed by atoms with E-state index < -0.39 is 0 Å². The smallest absolute Gasteiger partial charge is 0.218 e. The van der Waals surface area contributed by atoms with Gasteiger partial charge in [0.25, 0.3) is 0 Å². The summed E-state index contributed by atoms with van der Waals surface area (Å²) in [4.78, 5) is 8.94. The van der Waals surface area contributed by atoms with Gasteiger partial charge >= 0.3 is 0 Å². The largest absolute Gasteiger partial charge is 0.481 e. The van der Waals surface area contributed by atoms with Crippen molar-refractivity contribution in [3.05, 3.63) is 35.6 Å². The van der Waals surface area contributed by atoms with Gasteiger partial charge in [-0.3, -0.25) is 0 Å². The van der Waals surface area contributed by atoms with Crippen LogP contribution < -0.4 is 14.2 Å². The number of ether oxygens (including phenoxy) is 2. The summed E-state index contributed by atoms with van der Waals surface area (Å²) in [5.74, 6) is 0.944. The van der Waals surface area contributed by atoms with Gasteiger partial charge in [-0.2, -0.15) is 4.98 Å². The number of hydrogen-bond donors (Lipinski definition) is 1. The molecule has 0 amide bonds. The highest BCUT2D eigenvalue weighted by molar-refractivity contribution is 8.00. The second-order valence-corrected chi connectivity index (χ2v) is 4.64. The molecule has 0 aliphatic heterocycles. The molecule has 100 valence electrons. The minimum atomic E-state index is 0.452. The van der Waals surface area contributed by atoms with Gasteiger partial charge in [-0.25, -0.2) is 4.98 Å². The Labute approximate surface area is 120 Å². The second kappa shape index (κ2) is 6.49. The van der Waals surface area contributed by atoms with Crippen molar-refractivity contribution in [1.29, 1.82) is 0 Å². The number of anilines is 1. The third kappa shape index (κ3) is 3.65. The predicted octanol–water partition coefficient (Wildman–Crippen LogP) is 3.27. The Morgan fingerprint density at radius 1 is 1.21 bits per heavy atom. The van der Waals surface area contributed by atoms with Crippen molar-refractivity contribution in [3.63, 3.8) is 0 Å². The lowest BCUT2D eigenvalue weighted by Crippen LogP contribution is -1.95. The molecular weight excluding hydrogens is 286 g/mol. The zero-order valence-corrected chi connectivity index (χ0v) is 12.0. The van der Waals surface area contributed by atoms with Crippen LogP contribution in [0.3, 0.4) is 0 Å².